The average molecular weight is 265 g/mol. The quantitative estimate of drug-likeness (QED) is 0.787. The second kappa shape index (κ2) is 8.48. The average Bonchev–Trinajstić information content (AvgIpc) is 2.41. The molecule has 2 N–H and O–H groups in total. The SMILES string of the molecule is CC(C)CCN(CCO)C(=O)NCc1ccncc1. The number of aliphatic hydroxyl groups is 1. The summed E-state index contributed by atoms with van der Waals surface area (Å²) >= 11 is 0. The fourth-order valence-corrected chi connectivity index (χ4v) is 1.64. The van der Waals surface area contributed by atoms with Gasteiger partial charge >= 0.3 is 6.03 Å². The molecule has 0 aliphatic heterocycles. The van der Waals surface area contributed by atoms with Crippen molar-refractivity contribution in [2.75, 3.05) is 19.7 Å². The molecule has 2 amide bonds. The van der Waals surface area contributed by atoms with Crippen molar-refractivity contribution in [3.8, 4) is 0 Å². The largest absolute Gasteiger partial charge is 0.395 e. The van der Waals surface area contributed by atoms with Crippen molar-refractivity contribution >= 4 is 6.03 Å². The van der Waals surface area contributed by atoms with Gasteiger partial charge < -0.3 is 15.3 Å². The number of rotatable bonds is 7. The van der Waals surface area contributed by atoms with Gasteiger partial charge in [0.1, 0.15) is 0 Å². The molecule has 0 atom stereocenters. The highest BCUT2D eigenvalue weighted by Gasteiger charge is 2.12. The molecule has 1 aromatic heterocycles. The van der Waals surface area contributed by atoms with Crippen LogP contribution < -0.4 is 5.32 Å². The minimum Gasteiger partial charge on any atom is -0.395 e. The summed E-state index contributed by atoms with van der Waals surface area (Å²) in [4.78, 5) is 17.6. The normalized spacial score (nSPS) is 10.5. The van der Waals surface area contributed by atoms with Gasteiger partial charge in [0.15, 0.2) is 0 Å². The molecule has 0 bridgehead atoms. The van der Waals surface area contributed by atoms with Crippen LogP contribution in [0.25, 0.3) is 0 Å². The number of aliphatic hydroxyl groups excluding tert-OH is 1. The number of nitrogens with one attached hydrogen (secondary N) is 1. The van der Waals surface area contributed by atoms with Gasteiger partial charge in [-0.2, -0.15) is 0 Å². The lowest BCUT2D eigenvalue weighted by atomic mass is 10.1. The van der Waals surface area contributed by atoms with Gasteiger partial charge in [0.05, 0.1) is 6.61 Å². The van der Waals surface area contributed by atoms with Crippen LogP contribution >= 0.6 is 0 Å². The van der Waals surface area contributed by atoms with E-state index >= 15 is 0 Å². The number of nitrogens with zero attached hydrogens (tertiary/aromatic N) is 2. The van der Waals surface area contributed by atoms with Gasteiger partial charge in [0.2, 0.25) is 0 Å². The molecule has 0 saturated carbocycles. The number of carbonyl (C=O) groups excluding carboxylic acids is 1. The van der Waals surface area contributed by atoms with Crippen LogP contribution in [-0.2, 0) is 6.54 Å². The fourth-order valence-electron chi connectivity index (χ4n) is 1.64. The summed E-state index contributed by atoms with van der Waals surface area (Å²) < 4.78 is 0. The second-order valence-corrected chi connectivity index (χ2v) is 4.91. The summed E-state index contributed by atoms with van der Waals surface area (Å²) in [6.07, 6.45) is 4.33. The Balaban J connectivity index is 2.43. The Morgan fingerprint density at radius 2 is 2.05 bits per heavy atom. The summed E-state index contributed by atoms with van der Waals surface area (Å²) in [5.41, 5.74) is 1.01. The van der Waals surface area contributed by atoms with E-state index in [4.69, 9.17) is 5.11 Å². The van der Waals surface area contributed by atoms with Gasteiger partial charge in [0, 0.05) is 32.0 Å². The molecule has 0 unspecified atom stereocenters. The Kier molecular flexibility index (Phi) is 6.89. The highest BCUT2D eigenvalue weighted by atomic mass is 16.3. The van der Waals surface area contributed by atoms with Crippen LogP contribution in [0.4, 0.5) is 4.79 Å². The highest BCUT2D eigenvalue weighted by molar-refractivity contribution is 5.74. The zero-order valence-electron chi connectivity index (χ0n) is 11.7. The lowest BCUT2D eigenvalue weighted by molar-refractivity contribution is 0.173. The van der Waals surface area contributed by atoms with E-state index in [1.807, 2.05) is 12.1 Å². The van der Waals surface area contributed by atoms with Crippen molar-refractivity contribution in [2.45, 2.75) is 26.8 Å². The van der Waals surface area contributed by atoms with E-state index < -0.39 is 0 Å². The number of urea groups is 1. The Bertz CT molecular complexity index is 368. The predicted octanol–water partition coefficient (Wildman–Crippen LogP) is 1.63. The molecule has 5 nitrogen and oxygen atoms in total. The van der Waals surface area contributed by atoms with Crippen molar-refractivity contribution in [3.05, 3.63) is 30.1 Å². The molecule has 0 saturated heterocycles. The van der Waals surface area contributed by atoms with Crippen LogP contribution in [-0.4, -0.2) is 40.7 Å². The molecule has 0 spiro atoms. The zero-order chi connectivity index (χ0) is 14.1. The topological polar surface area (TPSA) is 65.5 Å². The van der Waals surface area contributed by atoms with Crippen LogP contribution in [0.3, 0.4) is 0 Å². The molecule has 1 rings (SSSR count). The standard InChI is InChI=1S/C14H23N3O2/c1-12(2)5-8-17(9-10-18)14(19)16-11-13-3-6-15-7-4-13/h3-4,6-7,12,18H,5,8-11H2,1-2H3,(H,16,19). The van der Waals surface area contributed by atoms with Crippen molar-refractivity contribution < 1.29 is 9.90 Å². The van der Waals surface area contributed by atoms with Gasteiger partial charge in [-0.25, -0.2) is 4.79 Å². The third-order valence-electron chi connectivity index (χ3n) is 2.83. The zero-order valence-corrected chi connectivity index (χ0v) is 11.7. The molecule has 0 aliphatic carbocycles. The van der Waals surface area contributed by atoms with E-state index in [1.165, 1.54) is 0 Å². The first-order valence-corrected chi connectivity index (χ1v) is 6.66. The Labute approximate surface area is 114 Å². The lowest BCUT2D eigenvalue weighted by Crippen LogP contribution is -2.42. The minimum absolute atomic E-state index is 0.0131. The van der Waals surface area contributed by atoms with Crippen LogP contribution in [0.5, 0.6) is 0 Å². The van der Waals surface area contributed by atoms with Crippen molar-refractivity contribution in [3.63, 3.8) is 0 Å². The van der Waals surface area contributed by atoms with E-state index in [0.717, 1.165) is 12.0 Å². The van der Waals surface area contributed by atoms with Crippen molar-refractivity contribution in [1.82, 2.24) is 15.2 Å². The summed E-state index contributed by atoms with van der Waals surface area (Å²) in [6.45, 7) is 5.74. The molecule has 1 heterocycles. The molecule has 0 radical (unpaired) electrons. The van der Waals surface area contributed by atoms with Crippen LogP contribution in [0.2, 0.25) is 0 Å². The molecule has 5 heteroatoms. The van der Waals surface area contributed by atoms with Gasteiger partial charge in [-0.1, -0.05) is 13.8 Å². The van der Waals surface area contributed by atoms with E-state index in [1.54, 1.807) is 17.3 Å². The number of aromatic nitrogens is 1. The Morgan fingerprint density at radius 1 is 1.37 bits per heavy atom. The van der Waals surface area contributed by atoms with E-state index in [-0.39, 0.29) is 12.6 Å². The van der Waals surface area contributed by atoms with Gasteiger partial charge in [0.25, 0.3) is 0 Å². The first-order valence-electron chi connectivity index (χ1n) is 6.66. The first-order chi connectivity index (χ1) is 9.13. The van der Waals surface area contributed by atoms with E-state index in [0.29, 0.717) is 25.6 Å². The van der Waals surface area contributed by atoms with Crippen molar-refractivity contribution in [1.29, 1.82) is 0 Å². The summed E-state index contributed by atoms with van der Waals surface area (Å²) in [5.74, 6) is 0.536. The molecule has 106 valence electrons. The van der Waals surface area contributed by atoms with E-state index in [9.17, 15) is 4.79 Å². The third kappa shape index (κ3) is 6.20. The smallest absolute Gasteiger partial charge is 0.317 e. The predicted molar refractivity (Wildman–Crippen MR) is 74.6 cm³/mol. The maximum absolute atomic E-state index is 12.0. The number of hydrogen-bond acceptors (Lipinski definition) is 3. The first kappa shape index (κ1) is 15.4. The number of amides is 2. The number of pyridine rings is 1. The number of carbonyl (C=O) groups is 1. The maximum Gasteiger partial charge on any atom is 0.317 e. The molecule has 1 aromatic rings. The molecule has 0 aliphatic rings. The van der Waals surface area contributed by atoms with Crippen LogP contribution in [0, 0.1) is 5.92 Å². The third-order valence-corrected chi connectivity index (χ3v) is 2.83. The van der Waals surface area contributed by atoms with Gasteiger partial charge in [-0.3, -0.25) is 4.98 Å². The molecule has 19 heavy (non-hydrogen) atoms. The Morgan fingerprint density at radius 3 is 2.63 bits per heavy atom. The Hall–Kier alpha value is -1.62. The minimum atomic E-state index is -0.133. The highest BCUT2D eigenvalue weighted by Crippen LogP contribution is 2.03. The summed E-state index contributed by atoms with van der Waals surface area (Å²) in [6, 6.07) is 3.60. The monoisotopic (exact) mass is 265 g/mol. The lowest BCUT2D eigenvalue weighted by Gasteiger charge is -2.23. The van der Waals surface area contributed by atoms with Crippen LogP contribution in [0.15, 0.2) is 24.5 Å². The van der Waals surface area contributed by atoms with Crippen LogP contribution in [0.1, 0.15) is 25.8 Å². The molecular weight excluding hydrogens is 242 g/mol. The number of hydrogen-bond donors (Lipinski definition) is 2. The summed E-state index contributed by atoms with van der Waals surface area (Å²) in [5, 5.41) is 11.9. The maximum atomic E-state index is 12.0. The van der Waals surface area contributed by atoms with Gasteiger partial charge in [-0.15, -0.1) is 0 Å². The molecule has 0 aromatic carbocycles. The van der Waals surface area contributed by atoms with Gasteiger partial charge in [-0.05, 0) is 30.0 Å². The summed E-state index contributed by atoms with van der Waals surface area (Å²) in [7, 11) is 0. The molecular formula is C14H23N3O2. The molecule has 0 fully saturated rings. The fraction of sp³-hybridized carbons (Fsp3) is 0.571. The van der Waals surface area contributed by atoms with Crippen molar-refractivity contribution in [2.24, 2.45) is 5.92 Å². The second-order valence-electron chi connectivity index (χ2n) is 4.91. The van der Waals surface area contributed by atoms with E-state index in [2.05, 4.69) is 24.1 Å².